The van der Waals surface area contributed by atoms with E-state index in [1.807, 2.05) is 6.07 Å². The molecule has 0 saturated heterocycles. The Hall–Kier alpha value is -3.47. The van der Waals surface area contributed by atoms with E-state index < -0.39 is 12.0 Å². The van der Waals surface area contributed by atoms with Crippen LogP contribution in [0, 0.1) is 0 Å². The maximum absolute atomic E-state index is 13.0. The number of alkyl halides is 3. The monoisotopic (exact) mass is 464 g/mol. The Bertz CT molecular complexity index is 1130. The van der Waals surface area contributed by atoms with Crippen molar-refractivity contribution in [1.29, 1.82) is 0 Å². The molecule has 1 amide bonds. The van der Waals surface area contributed by atoms with Crippen LogP contribution in [0.5, 0.6) is 17.2 Å². The lowest BCUT2D eigenvalue weighted by molar-refractivity contribution is -0.144. The molecule has 0 saturated carbocycles. The number of carbonyl (C=O) groups is 1. The first-order chi connectivity index (χ1) is 15.8. The zero-order valence-corrected chi connectivity index (χ0v) is 17.8. The highest BCUT2D eigenvalue weighted by atomic mass is 19.4. The van der Waals surface area contributed by atoms with E-state index in [0.29, 0.717) is 43.3 Å². The number of hydrogen-bond donors (Lipinski definition) is 3. The Morgan fingerprint density at radius 2 is 2.15 bits per heavy atom. The number of nitrogens with zero attached hydrogens (tertiary/aromatic N) is 1. The molecule has 11 heteroatoms. The number of benzene rings is 2. The van der Waals surface area contributed by atoms with Crippen LogP contribution in [0.15, 0.2) is 36.4 Å². The third-order valence-corrected chi connectivity index (χ3v) is 4.84. The normalized spacial score (nSPS) is 15.5. The van der Waals surface area contributed by atoms with Gasteiger partial charge >= 0.3 is 6.18 Å². The standard InChI is InChI=1S/C22H23F3N4O4/c1-13(30)27-14-4-2-5-15(10-14)31-9-3-8-26-11-16-12-32-18-7-6-17-19(20(18)33-16)29-21(28-17)22(23,24)25/h2,4-7,10,16,26H,3,8-9,11-12H2,1H3,(H,27,30)(H,28,29). The van der Waals surface area contributed by atoms with Crippen LogP contribution >= 0.6 is 0 Å². The second kappa shape index (κ2) is 9.57. The Balaban J connectivity index is 1.24. The van der Waals surface area contributed by atoms with Crippen LogP contribution in [-0.4, -0.2) is 48.3 Å². The molecule has 0 fully saturated rings. The molecule has 0 radical (unpaired) electrons. The van der Waals surface area contributed by atoms with E-state index in [1.165, 1.54) is 13.0 Å². The van der Waals surface area contributed by atoms with Gasteiger partial charge in [0.1, 0.15) is 24.0 Å². The number of hydrogen-bond acceptors (Lipinski definition) is 6. The first kappa shape index (κ1) is 22.7. The number of imidazole rings is 1. The van der Waals surface area contributed by atoms with Gasteiger partial charge < -0.3 is 29.8 Å². The lowest BCUT2D eigenvalue weighted by Gasteiger charge is -2.26. The number of H-pyrrole nitrogens is 1. The molecular weight excluding hydrogens is 441 g/mol. The third-order valence-electron chi connectivity index (χ3n) is 4.84. The zero-order chi connectivity index (χ0) is 23.4. The quantitative estimate of drug-likeness (QED) is 0.440. The summed E-state index contributed by atoms with van der Waals surface area (Å²) in [6.07, 6.45) is -4.23. The van der Waals surface area contributed by atoms with Crippen molar-refractivity contribution in [3.63, 3.8) is 0 Å². The van der Waals surface area contributed by atoms with Crippen LogP contribution in [0.1, 0.15) is 19.2 Å². The molecule has 8 nitrogen and oxygen atoms in total. The van der Waals surface area contributed by atoms with Crippen LogP contribution in [0.25, 0.3) is 11.0 Å². The minimum absolute atomic E-state index is 0.0967. The fourth-order valence-electron chi connectivity index (χ4n) is 3.39. The summed E-state index contributed by atoms with van der Waals surface area (Å²) in [6, 6.07) is 10.2. The number of fused-ring (bicyclic) bond motifs is 3. The number of rotatable bonds is 8. The summed E-state index contributed by atoms with van der Waals surface area (Å²) in [5.74, 6) is 0.00993. The zero-order valence-electron chi connectivity index (χ0n) is 17.8. The number of aromatic nitrogens is 2. The van der Waals surface area contributed by atoms with Crippen molar-refractivity contribution < 1.29 is 32.2 Å². The Labute approximate surface area is 187 Å². The second-order valence-electron chi connectivity index (χ2n) is 7.54. The van der Waals surface area contributed by atoms with Crippen molar-refractivity contribution in [3.8, 4) is 17.2 Å². The van der Waals surface area contributed by atoms with E-state index in [0.717, 1.165) is 0 Å². The first-order valence-electron chi connectivity index (χ1n) is 10.4. The van der Waals surface area contributed by atoms with Crippen molar-refractivity contribution in [2.24, 2.45) is 0 Å². The van der Waals surface area contributed by atoms with Crippen LogP contribution in [0.3, 0.4) is 0 Å². The van der Waals surface area contributed by atoms with E-state index in [4.69, 9.17) is 14.2 Å². The summed E-state index contributed by atoms with van der Waals surface area (Å²) in [7, 11) is 0. The summed E-state index contributed by atoms with van der Waals surface area (Å²) >= 11 is 0. The Kier molecular flexibility index (Phi) is 6.59. The van der Waals surface area contributed by atoms with Crippen LogP contribution < -0.4 is 24.8 Å². The van der Waals surface area contributed by atoms with Gasteiger partial charge in [-0.15, -0.1) is 0 Å². The molecule has 4 rings (SSSR count). The molecule has 33 heavy (non-hydrogen) atoms. The van der Waals surface area contributed by atoms with Gasteiger partial charge in [0.15, 0.2) is 11.5 Å². The maximum atomic E-state index is 13.0. The Morgan fingerprint density at radius 3 is 2.94 bits per heavy atom. The minimum atomic E-state index is -4.57. The van der Waals surface area contributed by atoms with Gasteiger partial charge in [0.05, 0.1) is 12.1 Å². The van der Waals surface area contributed by atoms with Gasteiger partial charge in [0.25, 0.3) is 0 Å². The smallest absolute Gasteiger partial charge is 0.449 e. The van der Waals surface area contributed by atoms with Crippen molar-refractivity contribution in [1.82, 2.24) is 15.3 Å². The maximum Gasteiger partial charge on any atom is 0.449 e. The molecule has 3 aromatic rings. The Morgan fingerprint density at radius 1 is 1.30 bits per heavy atom. The number of halogens is 3. The predicted octanol–water partition coefficient (Wildman–Crippen LogP) is 3.74. The number of nitrogens with one attached hydrogen (secondary N) is 3. The number of anilines is 1. The summed E-state index contributed by atoms with van der Waals surface area (Å²) in [4.78, 5) is 17.1. The molecule has 0 bridgehead atoms. The highest BCUT2D eigenvalue weighted by Gasteiger charge is 2.36. The lowest BCUT2D eigenvalue weighted by Crippen LogP contribution is -2.39. The van der Waals surface area contributed by atoms with Gasteiger partial charge in [-0.05, 0) is 37.2 Å². The SMILES string of the molecule is CC(=O)Nc1cccc(OCCCNCC2COc3ccc4[nH]c(C(F)(F)F)nc4c3O2)c1. The molecule has 1 atom stereocenters. The van der Waals surface area contributed by atoms with E-state index >= 15 is 0 Å². The van der Waals surface area contributed by atoms with E-state index in [-0.39, 0.29) is 35.4 Å². The number of amides is 1. The highest BCUT2D eigenvalue weighted by molar-refractivity contribution is 5.88. The van der Waals surface area contributed by atoms with Crippen LogP contribution in [0.4, 0.5) is 18.9 Å². The fraction of sp³-hybridized carbons (Fsp3) is 0.364. The van der Waals surface area contributed by atoms with Gasteiger partial charge in [-0.1, -0.05) is 6.07 Å². The minimum Gasteiger partial charge on any atom is -0.493 e. The fourth-order valence-corrected chi connectivity index (χ4v) is 3.39. The molecule has 1 aromatic heterocycles. The molecule has 176 valence electrons. The molecule has 0 aliphatic carbocycles. The van der Waals surface area contributed by atoms with Crippen LogP contribution in [-0.2, 0) is 11.0 Å². The average Bonchev–Trinajstić information content (AvgIpc) is 3.21. The van der Waals surface area contributed by atoms with E-state index in [2.05, 4.69) is 20.6 Å². The second-order valence-corrected chi connectivity index (χ2v) is 7.54. The summed E-state index contributed by atoms with van der Waals surface area (Å²) < 4.78 is 56.2. The van der Waals surface area contributed by atoms with Crippen molar-refractivity contribution in [3.05, 3.63) is 42.2 Å². The van der Waals surface area contributed by atoms with Gasteiger partial charge in [0, 0.05) is 25.2 Å². The third kappa shape index (κ3) is 5.67. The number of carbonyl (C=O) groups excluding carboxylic acids is 1. The van der Waals surface area contributed by atoms with E-state index in [9.17, 15) is 18.0 Å². The number of ether oxygens (including phenoxy) is 3. The lowest BCUT2D eigenvalue weighted by atomic mass is 10.2. The molecule has 2 heterocycles. The van der Waals surface area contributed by atoms with Gasteiger partial charge in [-0.3, -0.25) is 4.79 Å². The molecule has 3 N–H and O–H groups in total. The summed E-state index contributed by atoms with van der Waals surface area (Å²) in [6.45, 7) is 3.27. The van der Waals surface area contributed by atoms with E-state index in [1.54, 1.807) is 24.3 Å². The molecular formula is C22H23F3N4O4. The van der Waals surface area contributed by atoms with Gasteiger partial charge in [-0.25, -0.2) is 4.98 Å². The largest absolute Gasteiger partial charge is 0.493 e. The summed E-state index contributed by atoms with van der Waals surface area (Å²) in [5, 5.41) is 5.94. The topological polar surface area (TPSA) is 97.5 Å². The predicted molar refractivity (Wildman–Crippen MR) is 115 cm³/mol. The van der Waals surface area contributed by atoms with Gasteiger partial charge in [-0.2, -0.15) is 13.2 Å². The van der Waals surface area contributed by atoms with Crippen molar-refractivity contribution in [2.75, 3.05) is 31.6 Å². The van der Waals surface area contributed by atoms with Crippen molar-refractivity contribution >= 4 is 22.6 Å². The first-order valence-corrected chi connectivity index (χ1v) is 10.4. The molecule has 1 aliphatic heterocycles. The molecule has 1 unspecified atom stereocenters. The van der Waals surface area contributed by atoms with Crippen LogP contribution in [0.2, 0.25) is 0 Å². The molecule has 2 aromatic carbocycles. The molecule has 0 spiro atoms. The number of aromatic amines is 1. The summed E-state index contributed by atoms with van der Waals surface area (Å²) in [5.41, 5.74) is 0.999. The van der Waals surface area contributed by atoms with Crippen molar-refractivity contribution in [2.45, 2.75) is 25.6 Å². The highest BCUT2D eigenvalue weighted by Crippen LogP contribution is 2.39. The molecule has 1 aliphatic rings. The van der Waals surface area contributed by atoms with Gasteiger partial charge in [0.2, 0.25) is 11.7 Å². The average molecular weight is 464 g/mol.